The monoisotopic (exact) mass is 506 g/mol. The maximum Gasteiger partial charge on any atom is 0.451 e. The Labute approximate surface area is 208 Å². The van der Waals surface area contributed by atoms with Gasteiger partial charge in [0.1, 0.15) is 11.3 Å². The van der Waals surface area contributed by atoms with Crippen molar-refractivity contribution in [3.63, 3.8) is 0 Å². The van der Waals surface area contributed by atoms with Gasteiger partial charge in [0.05, 0.1) is 13.7 Å². The van der Waals surface area contributed by atoms with Crippen LogP contribution in [0.3, 0.4) is 0 Å². The number of para-hydroxylation sites is 1. The third-order valence-corrected chi connectivity index (χ3v) is 6.46. The zero-order chi connectivity index (χ0) is 25.7. The van der Waals surface area contributed by atoms with E-state index in [1.807, 2.05) is 36.4 Å². The average Bonchev–Trinajstić information content (AvgIpc) is 3.32. The van der Waals surface area contributed by atoms with Crippen molar-refractivity contribution in [2.45, 2.75) is 25.7 Å². The third-order valence-electron chi connectivity index (χ3n) is 6.46. The fraction of sp³-hybridized carbons (Fsp3) is 0.240. The van der Waals surface area contributed by atoms with Gasteiger partial charge in [-0.25, -0.2) is 19.9 Å². The molecule has 0 aliphatic carbocycles. The van der Waals surface area contributed by atoms with Gasteiger partial charge < -0.3 is 10.5 Å². The highest BCUT2D eigenvalue weighted by atomic mass is 19.4. The maximum absolute atomic E-state index is 12.8. The van der Waals surface area contributed by atoms with Crippen molar-refractivity contribution < 1.29 is 17.9 Å². The Balaban J connectivity index is 1.26. The Morgan fingerprint density at radius 2 is 1.84 bits per heavy atom. The molecular weight excluding hydrogens is 485 g/mol. The lowest BCUT2D eigenvalue weighted by Crippen LogP contribution is -2.30. The maximum atomic E-state index is 12.8. The zero-order valence-electron chi connectivity index (χ0n) is 19.7. The molecule has 188 valence electrons. The number of alkyl halides is 3. The zero-order valence-corrected chi connectivity index (χ0v) is 19.7. The number of hydrogen-bond donors (Lipinski definition) is 1. The number of anilines is 1. The molecule has 5 aromatic rings. The molecule has 2 N–H and O–H groups in total. The van der Waals surface area contributed by atoms with E-state index in [0.29, 0.717) is 41.4 Å². The minimum Gasteiger partial charge on any atom is -0.494 e. The first kappa shape index (κ1) is 23.1. The first-order valence-corrected chi connectivity index (χ1v) is 11.5. The van der Waals surface area contributed by atoms with Crippen LogP contribution in [0.5, 0.6) is 5.75 Å². The summed E-state index contributed by atoms with van der Waals surface area (Å²) in [7, 11) is 1.58. The van der Waals surface area contributed by atoms with Crippen molar-refractivity contribution in [1.82, 2.24) is 34.4 Å². The molecule has 0 amide bonds. The lowest BCUT2D eigenvalue weighted by atomic mass is 9.95. The van der Waals surface area contributed by atoms with Gasteiger partial charge >= 0.3 is 6.18 Å². The van der Waals surface area contributed by atoms with Crippen LogP contribution in [0.1, 0.15) is 22.8 Å². The summed E-state index contributed by atoms with van der Waals surface area (Å²) >= 11 is 0. The summed E-state index contributed by atoms with van der Waals surface area (Å²) in [6, 6.07) is 11.5. The largest absolute Gasteiger partial charge is 0.494 e. The quantitative estimate of drug-likeness (QED) is 0.391. The number of aromatic nitrogens is 6. The highest BCUT2D eigenvalue weighted by molar-refractivity contribution is 5.95. The average molecular weight is 506 g/mol. The Hall–Kier alpha value is -4.32. The van der Waals surface area contributed by atoms with Crippen LogP contribution in [-0.4, -0.2) is 48.1 Å². The first-order valence-electron chi connectivity index (χ1n) is 11.5. The lowest BCUT2D eigenvalue weighted by Gasteiger charge is -2.28. The molecule has 6 rings (SSSR count). The molecule has 0 fully saturated rings. The van der Waals surface area contributed by atoms with Gasteiger partial charge in [-0.3, -0.25) is 4.90 Å². The first-order chi connectivity index (χ1) is 17.8. The van der Waals surface area contributed by atoms with E-state index in [-0.39, 0.29) is 5.95 Å². The third kappa shape index (κ3) is 4.18. The van der Waals surface area contributed by atoms with E-state index in [2.05, 4.69) is 25.0 Å². The highest BCUT2D eigenvalue weighted by Gasteiger charge is 2.34. The molecule has 0 unspecified atom stereocenters. The summed E-state index contributed by atoms with van der Waals surface area (Å²) in [5.41, 5.74) is 11.0. The standard InChI is InChI=1S/C25H21F3N8O/c1-37-19-4-2-3-18-21(19)33-24(29)36-22(18)32-20(34-36)13-35-8-7-14-5-6-15(9-16(14)12-35)17-10-30-23(31-11-17)25(26,27)28/h2-6,9-11H,7-8,12-13H2,1H3,(H2,29,33). The Bertz CT molecular complexity index is 1630. The molecule has 3 aromatic heterocycles. The number of halogens is 3. The second kappa shape index (κ2) is 8.66. The normalized spacial score (nSPS) is 14.3. The molecule has 0 radical (unpaired) electrons. The van der Waals surface area contributed by atoms with Gasteiger partial charge in [0, 0.05) is 36.4 Å². The van der Waals surface area contributed by atoms with Gasteiger partial charge in [0.2, 0.25) is 11.8 Å². The number of fused-ring (bicyclic) bond motifs is 4. The van der Waals surface area contributed by atoms with Crippen molar-refractivity contribution in [2.75, 3.05) is 19.4 Å². The van der Waals surface area contributed by atoms with Gasteiger partial charge in [-0.05, 0) is 41.3 Å². The Morgan fingerprint density at radius 1 is 1.03 bits per heavy atom. The van der Waals surface area contributed by atoms with Crippen LogP contribution in [-0.2, 0) is 25.7 Å². The minimum atomic E-state index is -4.57. The van der Waals surface area contributed by atoms with E-state index in [9.17, 15) is 13.2 Å². The van der Waals surface area contributed by atoms with E-state index in [1.54, 1.807) is 7.11 Å². The van der Waals surface area contributed by atoms with Crippen molar-refractivity contribution in [1.29, 1.82) is 0 Å². The van der Waals surface area contributed by atoms with E-state index < -0.39 is 12.0 Å². The van der Waals surface area contributed by atoms with E-state index in [1.165, 1.54) is 22.5 Å². The number of nitrogens with zero attached hydrogens (tertiary/aromatic N) is 7. The van der Waals surface area contributed by atoms with Crippen molar-refractivity contribution in [2.24, 2.45) is 0 Å². The molecule has 0 atom stereocenters. The van der Waals surface area contributed by atoms with Crippen LogP contribution >= 0.6 is 0 Å². The molecule has 1 aliphatic rings. The van der Waals surface area contributed by atoms with Crippen LogP contribution in [0.15, 0.2) is 48.8 Å². The summed E-state index contributed by atoms with van der Waals surface area (Å²) in [4.78, 5) is 18.4. The van der Waals surface area contributed by atoms with Crippen molar-refractivity contribution in [3.8, 4) is 16.9 Å². The highest BCUT2D eigenvalue weighted by Crippen LogP contribution is 2.30. The number of benzene rings is 2. The molecule has 4 heterocycles. The summed E-state index contributed by atoms with van der Waals surface area (Å²) < 4.78 is 45.4. The molecule has 37 heavy (non-hydrogen) atoms. The number of nitrogens with two attached hydrogens (primary N) is 1. The Kier molecular flexibility index (Phi) is 5.41. The smallest absolute Gasteiger partial charge is 0.451 e. The van der Waals surface area contributed by atoms with Crippen molar-refractivity contribution in [3.05, 3.63) is 71.6 Å². The lowest BCUT2D eigenvalue weighted by molar-refractivity contribution is -0.144. The van der Waals surface area contributed by atoms with Crippen LogP contribution in [0.2, 0.25) is 0 Å². The van der Waals surface area contributed by atoms with E-state index in [4.69, 9.17) is 15.5 Å². The number of hydrogen-bond acceptors (Lipinski definition) is 8. The van der Waals surface area contributed by atoms with Gasteiger partial charge in [-0.1, -0.05) is 18.2 Å². The summed E-state index contributed by atoms with van der Waals surface area (Å²) in [5, 5.41) is 5.38. The van der Waals surface area contributed by atoms with E-state index in [0.717, 1.165) is 29.5 Å². The fourth-order valence-corrected chi connectivity index (χ4v) is 4.65. The van der Waals surface area contributed by atoms with Crippen LogP contribution in [0.4, 0.5) is 19.1 Å². The Morgan fingerprint density at radius 3 is 2.59 bits per heavy atom. The summed E-state index contributed by atoms with van der Waals surface area (Å²) in [6.45, 7) is 1.95. The van der Waals surface area contributed by atoms with Gasteiger partial charge in [-0.15, -0.1) is 5.10 Å². The molecule has 2 aromatic carbocycles. The molecular formula is C25H21F3N8O. The number of nitrogen functional groups attached to an aromatic ring is 1. The van der Waals surface area contributed by atoms with Gasteiger partial charge in [-0.2, -0.15) is 17.7 Å². The molecule has 1 aliphatic heterocycles. The predicted molar refractivity (Wildman–Crippen MR) is 130 cm³/mol. The fourth-order valence-electron chi connectivity index (χ4n) is 4.65. The number of ether oxygens (including phenoxy) is 1. The minimum absolute atomic E-state index is 0.221. The summed E-state index contributed by atoms with van der Waals surface area (Å²) in [6.07, 6.45) is -1.33. The number of rotatable bonds is 4. The van der Waals surface area contributed by atoms with Gasteiger partial charge in [0.15, 0.2) is 11.5 Å². The van der Waals surface area contributed by atoms with Crippen LogP contribution in [0, 0.1) is 0 Å². The van der Waals surface area contributed by atoms with E-state index >= 15 is 0 Å². The van der Waals surface area contributed by atoms with Gasteiger partial charge in [0.25, 0.3) is 0 Å². The van der Waals surface area contributed by atoms with Crippen LogP contribution in [0.25, 0.3) is 27.7 Å². The second-order valence-electron chi connectivity index (χ2n) is 8.83. The molecule has 9 nitrogen and oxygen atoms in total. The molecule has 0 saturated carbocycles. The molecule has 0 saturated heterocycles. The summed E-state index contributed by atoms with van der Waals surface area (Å²) in [5.74, 6) is 0.290. The van der Waals surface area contributed by atoms with Crippen LogP contribution < -0.4 is 10.5 Å². The SMILES string of the molecule is COc1cccc2c1nc(N)n1nc(CN3CCc4ccc(-c5cnc(C(F)(F)F)nc5)cc4C3)nc21. The second-order valence-corrected chi connectivity index (χ2v) is 8.83. The molecule has 0 bridgehead atoms. The molecule has 0 spiro atoms. The van der Waals surface area contributed by atoms with Crippen molar-refractivity contribution >= 4 is 22.5 Å². The molecule has 12 heteroatoms. The number of methoxy groups -OCH3 is 1. The predicted octanol–water partition coefficient (Wildman–Crippen LogP) is 3.90. The topological polar surface area (TPSA) is 107 Å².